The topological polar surface area (TPSA) is 0 Å². The first-order valence-corrected chi connectivity index (χ1v) is 4.11. The summed E-state index contributed by atoms with van der Waals surface area (Å²) in [5.74, 6) is 0. The van der Waals surface area contributed by atoms with Gasteiger partial charge in [0.05, 0.1) is 0 Å². The van der Waals surface area contributed by atoms with Crippen LogP contribution < -0.4 is 9.41 Å². The van der Waals surface area contributed by atoms with Crippen LogP contribution in [0.5, 0.6) is 0 Å². The van der Waals surface area contributed by atoms with Crippen LogP contribution in [0.25, 0.3) is 0 Å². The maximum atomic E-state index is 3.37. The van der Waals surface area contributed by atoms with Gasteiger partial charge in [0.15, 0.2) is 0 Å². The van der Waals surface area contributed by atoms with Crippen molar-refractivity contribution < 1.29 is 35.6 Å². The van der Waals surface area contributed by atoms with Gasteiger partial charge in [-0.15, -0.1) is 13.3 Å². The fourth-order valence-electron chi connectivity index (χ4n) is 1.23. The molecule has 1 rings (SSSR count). The van der Waals surface area contributed by atoms with Crippen LogP contribution in [-0.2, 0) is 26.2 Å². The largest absolute Gasteiger partial charge is 3.00 e. The molecule has 0 aromatic heterocycles. The SMILES string of the molecule is CCCCC1=[C-]CC=C1C.[F-].[F-].[Zr+3]. The minimum absolute atomic E-state index is 0. The fraction of sp³-hybridized carbons (Fsp3) is 0.600. The summed E-state index contributed by atoms with van der Waals surface area (Å²) in [7, 11) is 0. The standard InChI is InChI=1S/C10H15.2FH.Zr/c1-3-4-7-10-8-5-6-9(10)2;;;/h6H,3-5,7H2,1-2H3;2*1H;/q-1;;;+3/p-2. The Balaban J connectivity index is -0.000000333. The molecular formula is C10H15F2Zr. The smallest absolute Gasteiger partial charge is 1.00 e. The van der Waals surface area contributed by atoms with E-state index in [-0.39, 0.29) is 35.6 Å². The Hall–Kier alpha value is 0.223. The van der Waals surface area contributed by atoms with Crippen molar-refractivity contribution in [3.8, 4) is 0 Å². The Kier molecular flexibility index (Phi) is 15.0. The Labute approximate surface area is 98.3 Å². The van der Waals surface area contributed by atoms with E-state index in [1.807, 2.05) is 0 Å². The zero-order chi connectivity index (χ0) is 7.40. The van der Waals surface area contributed by atoms with Crippen LogP contribution in [0.3, 0.4) is 0 Å². The van der Waals surface area contributed by atoms with Crippen molar-refractivity contribution in [1.29, 1.82) is 0 Å². The Bertz CT molecular complexity index is 174. The van der Waals surface area contributed by atoms with Crippen LogP contribution in [0.15, 0.2) is 17.2 Å². The molecule has 3 heteroatoms. The van der Waals surface area contributed by atoms with Gasteiger partial charge in [-0.2, -0.15) is 6.08 Å². The molecule has 73 valence electrons. The third-order valence-corrected chi connectivity index (χ3v) is 1.98. The molecule has 0 fully saturated rings. The maximum absolute atomic E-state index is 3.37. The Morgan fingerprint density at radius 1 is 1.38 bits per heavy atom. The monoisotopic (exact) mass is 263 g/mol. The average Bonchev–Trinajstić information content (AvgIpc) is 2.31. The van der Waals surface area contributed by atoms with Gasteiger partial charge in [-0.3, -0.25) is 6.08 Å². The summed E-state index contributed by atoms with van der Waals surface area (Å²) >= 11 is 0. The molecule has 0 N–H and O–H groups in total. The zero-order valence-corrected chi connectivity index (χ0v) is 10.6. The molecule has 0 saturated heterocycles. The number of hydrogen-bond donors (Lipinski definition) is 0. The van der Waals surface area contributed by atoms with E-state index in [4.69, 9.17) is 0 Å². The van der Waals surface area contributed by atoms with Crippen molar-refractivity contribution >= 4 is 0 Å². The maximum Gasteiger partial charge on any atom is 3.00 e. The van der Waals surface area contributed by atoms with Crippen LogP contribution in [0.1, 0.15) is 39.5 Å². The molecule has 0 spiro atoms. The van der Waals surface area contributed by atoms with Crippen LogP contribution in [-0.4, -0.2) is 0 Å². The second-order valence-corrected chi connectivity index (χ2v) is 2.85. The first-order valence-electron chi connectivity index (χ1n) is 4.11. The van der Waals surface area contributed by atoms with Gasteiger partial charge in [0.25, 0.3) is 0 Å². The Morgan fingerprint density at radius 3 is 2.38 bits per heavy atom. The van der Waals surface area contributed by atoms with E-state index < -0.39 is 0 Å². The molecule has 0 unspecified atom stereocenters. The number of hydrogen-bond acceptors (Lipinski definition) is 0. The van der Waals surface area contributed by atoms with Gasteiger partial charge in [-0.25, -0.2) is 11.1 Å². The van der Waals surface area contributed by atoms with E-state index in [0.717, 1.165) is 6.42 Å². The quantitative estimate of drug-likeness (QED) is 0.485. The molecule has 0 bridgehead atoms. The van der Waals surface area contributed by atoms with Gasteiger partial charge in [0.2, 0.25) is 0 Å². The minimum Gasteiger partial charge on any atom is -1.00 e. The molecule has 1 aliphatic rings. The summed E-state index contributed by atoms with van der Waals surface area (Å²) in [6.45, 7) is 4.42. The van der Waals surface area contributed by atoms with Gasteiger partial charge in [0, 0.05) is 0 Å². The summed E-state index contributed by atoms with van der Waals surface area (Å²) < 4.78 is 0. The van der Waals surface area contributed by atoms with Crippen molar-refractivity contribution in [2.24, 2.45) is 0 Å². The van der Waals surface area contributed by atoms with E-state index in [9.17, 15) is 0 Å². The number of unbranched alkanes of at least 4 members (excludes halogenated alkanes) is 1. The predicted octanol–water partition coefficient (Wildman–Crippen LogP) is -2.74. The van der Waals surface area contributed by atoms with E-state index in [0.29, 0.717) is 0 Å². The predicted molar refractivity (Wildman–Crippen MR) is 44.7 cm³/mol. The first-order chi connectivity index (χ1) is 4.84. The van der Waals surface area contributed by atoms with E-state index in [2.05, 4.69) is 26.0 Å². The summed E-state index contributed by atoms with van der Waals surface area (Å²) in [4.78, 5) is 0. The third-order valence-electron chi connectivity index (χ3n) is 1.98. The molecule has 13 heavy (non-hydrogen) atoms. The normalized spacial score (nSPS) is 13.1. The molecule has 0 atom stereocenters. The molecule has 0 heterocycles. The molecule has 0 aliphatic heterocycles. The summed E-state index contributed by atoms with van der Waals surface area (Å²) in [6, 6.07) is 0. The van der Waals surface area contributed by atoms with Crippen molar-refractivity contribution in [3.63, 3.8) is 0 Å². The van der Waals surface area contributed by atoms with E-state index >= 15 is 0 Å². The average molecular weight is 264 g/mol. The second-order valence-electron chi connectivity index (χ2n) is 2.85. The molecule has 0 amide bonds. The molecule has 0 nitrogen and oxygen atoms in total. The minimum atomic E-state index is 0. The molecular weight excluding hydrogens is 249 g/mol. The van der Waals surface area contributed by atoms with Crippen molar-refractivity contribution in [2.45, 2.75) is 39.5 Å². The third kappa shape index (κ3) is 6.31. The summed E-state index contributed by atoms with van der Waals surface area (Å²) in [5, 5.41) is 0. The van der Waals surface area contributed by atoms with E-state index in [1.165, 1.54) is 30.4 Å². The van der Waals surface area contributed by atoms with E-state index in [1.54, 1.807) is 0 Å². The van der Waals surface area contributed by atoms with Gasteiger partial charge in [-0.05, 0) is 0 Å². The number of allylic oxidation sites excluding steroid dienone is 4. The summed E-state index contributed by atoms with van der Waals surface area (Å²) in [6.07, 6.45) is 10.5. The van der Waals surface area contributed by atoms with Gasteiger partial charge >= 0.3 is 26.2 Å². The summed E-state index contributed by atoms with van der Waals surface area (Å²) in [5.41, 5.74) is 2.91. The number of rotatable bonds is 3. The molecule has 0 aromatic rings. The molecule has 0 saturated carbocycles. The molecule has 0 aromatic carbocycles. The van der Waals surface area contributed by atoms with Crippen LogP contribution in [0.4, 0.5) is 0 Å². The van der Waals surface area contributed by atoms with Gasteiger partial charge in [-0.1, -0.05) is 26.2 Å². The second kappa shape index (κ2) is 10.3. The van der Waals surface area contributed by atoms with Crippen LogP contribution >= 0.6 is 0 Å². The molecule has 1 aliphatic carbocycles. The number of halogens is 2. The van der Waals surface area contributed by atoms with Crippen molar-refractivity contribution in [2.75, 3.05) is 0 Å². The van der Waals surface area contributed by atoms with Crippen molar-refractivity contribution in [1.82, 2.24) is 0 Å². The van der Waals surface area contributed by atoms with Crippen molar-refractivity contribution in [3.05, 3.63) is 23.3 Å². The van der Waals surface area contributed by atoms with Gasteiger partial charge < -0.3 is 9.41 Å². The fourth-order valence-corrected chi connectivity index (χ4v) is 1.23. The van der Waals surface area contributed by atoms with Gasteiger partial charge in [0.1, 0.15) is 0 Å². The molecule has 1 radical (unpaired) electrons. The Morgan fingerprint density at radius 2 is 2.00 bits per heavy atom. The first kappa shape index (κ1) is 18.9. The zero-order valence-electron chi connectivity index (χ0n) is 8.16. The van der Waals surface area contributed by atoms with Crippen LogP contribution in [0.2, 0.25) is 0 Å². The van der Waals surface area contributed by atoms with Crippen LogP contribution in [0, 0.1) is 6.08 Å².